The Labute approximate surface area is 151 Å². The lowest BCUT2D eigenvalue weighted by molar-refractivity contribution is -0.00837. The number of nitrogens with one attached hydrogen (secondary N) is 3. The summed E-state index contributed by atoms with van der Waals surface area (Å²) in [6, 6.07) is 2.92. The first-order valence-corrected chi connectivity index (χ1v) is 8.30. The topological polar surface area (TPSA) is 141 Å². The molecule has 0 radical (unpaired) electrons. The van der Waals surface area contributed by atoms with Crippen LogP contribution in [0.2, 0.25) is 0 Å². The number of aliphatic hydroxyl groups is 1. The zero-order valence-electron chi connectivity index (χ0n) is 14.1. The third-order valence-electron chi connectivity index (χ3n) is 4.81. The van der Waals surface area contributed by atoms with Crippen LogP contribution in [0.15, 0.2) is 27.8 Å². The van der Waals surface area contributed by atoms with E-state index in [9.17, 15) is 28.3 Å². The minimum absolute atomic E-state index is 0.213. The van der Waals surface area contributed by atoms with Gasteiger partial charge in [-0.25, -0.2) is 13.6 Å². The van der Waals surface area contributed by atoms with E-state index in [4.69, 9.17) is 5.73 Å². The number of H-pyrrole nitrogens is 2. The number of anilines is 1. The maximum absolute atomic E-state index is 13.4. The van der Waals surface area contributed by atoms with Crippen molar-refractivity contribution in [1.82, 2.24) is 15.3 Å². The SMILES string of the molecule is Nc1c(C(=O)N[C@H]2CC[C@](O)(c3ccc(F)c(F)c3)CC2)[nH]c(=O)[nH]c1=O. The van der Waals surface area contributed by atoms with E-state index in [0.29, 0.717) is 12.8 Å². The van der Waals surface area contributed by atoms with Gasteiger partial charge in [0.05, 0.1) is 5.60 Å². The van der Waals surface area contributed by atoms with Crippen LogP contribution in [0.1, 0.15) is 41.7 Å². The van der Waals surface area contributed by atoms with Gasteiger partial charge >= 0.3 is 5.69 Å². The average Bonchev–Trinajstić information content (AvgIpc) is 2.62. The van der Waals surface area contributed by atoms with Gasteiger partial charge in [0, 0.05) is 6.04 Å². The van der Waals surface area contributed by atoms with Crippen LogP contribution in [0.4, 0.5) is 14.5 Å². The number of nitrogen functional groups attached to an aromatic ring is 1. The summed E-state index contributed by atoms with van der Waals surface area (Å²) in [5.74, 6) is -2.74. The Morgan fingerprint density at radius 3 is 2.48 bits per heavy atom. The highest BCUT2D eigenvalue weighted by Crippen LogP contribution is 2.37. The zero-order chi connectivity index (χ0) is 19.8. The molecular formula is C17H18F2N4O4. The number of rotatable bonds is 3. The molecule has 6 N–H and O–H groups in total. The van der Waals surface area contributed by atoms with Gasteiger partial charge in [0.1, 0.15) is 11.4 Å². The molecule has 1 saturated carbocycles. The highest BCUT2D eigenvalue weighted by molar-refractivity contribution is 5.96. The highest BCUT2D eigenvalue weighted by atomic mass is 19.2. The van der Waals surface area contributed by atoms with Crippen LogP contribution in [0.3, 0.4) is 0 Å². The first-order chi connectivity index (χ1) is 12.7. The second-order valence-corrected chi connectivity index (χ2v) is 6.61. The normalized spacial score (nSPS) is 22.4. The molecule has 3 rings (SSSR count). The molecule has 0 bridgehead atoms. The highest BCUT2D eigenvalue weighted by Gasteiger charge is 2.36. The van der Waals surface area contributed by atoms with E-state index in [-0.39, 0.29) is 30.1 Å². The summed E-state index contributed by atoms with van der Waals surface area (Å²) in [6.07, 6.45) is 1.14. The molecule has 0 atom stereocenters. The summed E-state index contributed by atoms with van der Waals surface area (Å²) in [4.78, 5) is 39.2. The number of aromatic nitrogens is 2. The van der Waals surface area contributed by atoms with Gasteiger partial charge in [-0.3, -0.25) is 14.6 Å². The summed E-state index contributed by atoms with van der Waals surface area (Å²) in [5.41, 5.74) is 2.03. The second-order valence-electron chi connectivity index (χ2n) is 6.61. The number of halogens is 2. The number of amides is 1. The molecule has 27 heavy (non-hydrogen) atoms. The third-order valence-corrected chi connectivity index (χ3v) is 4.81. The minimum Gasteiger partial charge on any atom is -0.392 e. The van der Waals surface area contributed by atoms with Crippen LogP contribution in [0.25, 0.3) is 0 Å². The Bertz CT molecular complexity index is 993. The van der Waals surface area contributed by atoms with Gasteiger partial charge in [-0.2, -0.15) is 0 Å². The second kappa shape index (κ2) is 6.95. The molecule has 10 heteroatoms. The first kappa shape index (κ1) is 18.8. The monoisotopic (exact) mass is 380 g/mol. The summed E-state index contributed by atoms with van der Waals surface area (Å²) in [7, 11) is 0. The molecule has 2 aromatic rings. The van der Waals surface area contributed by atoms with Gasteiger partial charge in [-0.05, 0) is 43.4 Å². The number of carbonyl (C=O) groups excluding carboxylic acids is 1. The summed E-state index contributed by atoms with van der Waals surface area (Å²) >= 11 is 0. The molecule has 1 aliphatic carbocycles. The van der Waals surface area contributed by atoms with Gasteiger partial charge in [0.25, 0.3) is 11.5 Å². The minimum atomic E-state index is -1.33. The van der Waals surface area contributed by atoms with E-state index in [2.05, 4.69) is 10.3 Å². The number of carbonyl (C=O) groups is 1. The molecule has 1 heterocycles. The van der Waals surface area contributed by atoms with Crippen LogP contribution in [0, 0.1) is 11.6 Å². The fraction of sp³-hybridized carbons (Fsp3) is 0.353. The molecule has 1 aliphatic rings. The van der Waals surface area contributed by atoms with Gasteiger partial charge in [-0.15, -0.1) is 0 Å². The maximum Gasteiger partial charge on any atom is 0.326 e. The summed E-state index contributed by atoms with van der Waals surface area (Å²) < 4.78 is 26.5. The Morgan fingerprint density at radius 2 is 1.85 bits per heavy atom. The fourth-order valence-electron chi connectivity index (χ4n) is 3.25. The van der Waals surface area contributed by atoms with Crippen LogP contribution >= 0.6 is 0 Å². The third kappa shape index (κ3) is 3.75. The van der Waals surface area contributed by atoms with E-state index < -0.39 is 40.1 Å². The Morgan fingerprint density at radius 1 is 1.19 bits per heavy atom. The smallest absolute Gasteiger partial charge is 0.326 e. The van der Waals surface area contributed by atoms with Gasteiger partial charge < -0.3 is 21.1 Å². The van der Waals surface area contributed by atoms with Crippen molar-refractivity contribution in [2.75, 3.05) is 5.73 Å². The Hall–Kier alpha value is -3.01. The van der Waals surface area contributed by atoms with E-state index in [1.807, 2.05) is 4.98 Å². The molecule has 144 valence electrons. The number of nitrogens with two attached hydrogens (primary N) is 1. The molecule has 0 aliphatic heterocycles. The molecule has 1 aromatic carbocycles. The van der Waals surface area contributed by atoms with Crippen LogP contribution in [-0.4, -0.2) is 27.0 Å². The van der Waals surface area contributed by atoms with Crippen molar-refractivity contribution in [1.29, 1.82) is 0 Å². The van der Waals surface area contributed by atoms with Gasteiger partial charge in [0.2, 0.25) is 0 Å². The predicted molar refractivity (Wildman–Crippen MR) is 92.1 cm³/mol. The van der Waals surface area contributed by atoms with E-state index >= 15 is 0 Å². The lowest BCUT2D eigenvalue weighted by Crippen LogP contribution is -2.43. The zero-order valence-corrected chi connectivity index (χ0v) is 14.1. The van der Waals surface area contributed by atoms with Crippen molar-refractivity contribution in [3.05, 3.63) is 61.9 Å². The van der Waals surface area contributed by atoms with Crippen molar-refractivity contribution >= 4 is 11.6 Å². The van der Waals surface area contributed by atoms with E-state index in [1.54, 1.807) is 0 Å². The van der Waals surface area contributed by atoms with Crippen molar-refractivity contribution in [3.63, 3.8) is 0 Å². The first-order valence-electron chi connectivity index (χ1n) is 8.30. The number of aromatic amines is 2. The van der Waals surface area contributed by atoms with E-state index in [1.165, 1.54) is 6.07 Å². The predicted octanol–water partition coefficient (Wildman–Crippen LogP) is 0.484. The molecule has 1 amide bonds. The molecule has 0 spiro atoms. The number of hydrogen-bond donors (Lipinski definition) is 5. The molecule has 1 aromatic heterocycles. The summed E-state index contributed by atoms with van der Waals surface area (Å²) in [6.45, 7) is 0. The standard InChI is InChI=1S/C17H18F2N4O4/c18-10-2-1-8(7-11(10)19)17(27)5-3-9(4-6-17)21-15(25)13-12(20)14(24)23-16(26)22-13/h1-2,7,9,27H,3-6,20H2,(H,21,25)(H2,22,23,24,26)/t9-,17+. The molecule has 8 nitrogen and oxygen atoms in total. The van der Waals surface area contributed by atoms with Gasteiger partial charge in [0.15, 0.2) is 11.6 Å². The van der Waals surface area contributed by atoms with Crippen LogP contribution in [0.5, 0.6) is 0 Å². The van der Waals surface area contributed by atoms with Crippen LogP contribution < -0.4 is 22.3 Å². The molecule has 0 unspecified atom stereocenters. The fourth-order valence-corrected chi connectivity index (χ4v) is 3.25. The lowest BCUT2D eigenvalue weighted by atomic mass is 9.77. The van der Waals surface area contributed by atoms with Gasteiger partial charge in [-0.1, -0.05) is 6.07 Å². The maximum atomic E-state index is 13.4. The molecular weight excluding hydrogens is 362 g/mol. The quantitative estimate of drug-likeness (QED) is 0.527. The number of hydrogen-bond acceptors (Lipinski definition) is 5. The lowest BCUT2D eigenvalue weighted by Gasteiger charge is -2.36. The van der Waals surface area contributed by atoms with E-state index in [0.717, 1.165) is 12.1 Å². The average molecular weight is 380 g/mol. The molecule has 1 fully saturated rings. The largest absolute Gasteiger partial charge is 0.392 e. The van der Waals surface area contributed by atoms with Crippen molar-refractivity contribution in [3.8, 4) is 0 Å². The number of benzene rings is 1. The summed E-state index contributed by atoms with van der Waals surface area (Å²) in [5, 5.41) is 13.4. The van der Waals surface area contributed by atoms with Crippen molar-refractivity contribution < 1.29 is 18.7 Å². The van der Waals surface area contributed by atoms with Crippen molar-refractivity contribution in [2.24, 2.45) is 0 Å². The van der Waals surface area contributed by atoms with Crippen LogP contribution in [-0.2, 0) is 5.60 Å². The Balaban J connectivity index is 1.69. The Kier molecular flexibility index (Phi) is 4.83. The molecule has 0 saturated heterocycles. The van der Waals surface area contributed by atoms with Crippen molar-refractivity contribution in [2.45, 2.75) is 37.3 Å².